The van der Waals surface area contributed by atoms with Crippen LogP contribution in [-0.4, -0.2) is 26.5 Å². The molecule has 34 valence electrons. The van der Waals surface area contributed by atoms with Crippen molar-refractivity contribution in [2.75, 3.05) is 0 Å². The van der Waals surface area contributed by atoms with Crippen molar-refractivity contribution in [2.24, 2.45) is 0 Å². The monoisotopic (exact) mass is 83.0 g/mol. The van der Waals surface area contributed by atoms with Crippen molar-refractivity contribution in [3.8, 4) is 0 Å². The summed E-state index contributed by atoms with van der Waals surface area (Å²) in [6.45, 7) is 0. The highest BCUT2D eigenvalue weighted by Gasteiger charge is 1.64. The van der Waals surface area contributed by atoms with Gasteiger partial charge in [-0.3, -0.25) is 15.6 Å². The molecule has 0 saturated heterocycles. The van der Waals surface area contributed by atoms with Gasteiger partial charge in [-0.15, -0.1) is 0 Å². The maximum Gasteiger partial charge on any atom is 0.0685 e. The number of hydrogen-bond donors (Lipinski definition) is 3. The van der Waals surface area contributed by atoms with Crippen molar-refractivity contribution >= 4 is 0 Å². The average molecular weight is 83.0 g/mol. The molecule has 0 fully saturated rings. The average Bonchev–Trinajstić information content (AvgIpc) is 0.811. The first-order valence-corrected chi connectivity index (χ1v) is 0.600. The van der Waals surface area contributed by atoms with Crippen molar-refractivity contribution in [1.29, 1.82) is 0 Å². The van der Waals surface area contributed by atoms with Crippen molar-refractivity contribution in [3.05, 3.63) is 0 Å². The summed E-state index contributed by atoms with van der Waals surface area (Å²) in [4.78, 5) is 0. The van der Waals surface area contributed by atoms with Gasteiger partial charge < -0.3 is 5.48 Å². The van der Waals surface area contributed by atoms with Gasteiger partial charge in [-0.1, -0.05) is 0 Å². The first kappa shape index (κ1) is 8.84. The Morgan fingerprint density at radius 3 is 1.00 bits per heavy atom. The summed E-state index contributed by atoms with van der Waals surface area (Å²) >= 11 is 0. The molecule has 0 radical (unpaired) electrons. The SMILES string of the molecule is O.ON(O)O. The van der Waals surface area contributed by atoms with Crippen LogP contribution in [0.1, 0.15) is 0 Å². The molecule has 0 atom stereocenters. The Labute approximate surface area is 27.9 Å². The quantitative estimate of drug-likeness (QED) is 0.315. The minimum absolute atomic E-state index is 0. The highest BCUT2D eigenvalue weighted by molar-refractivity contribution is 3.14. The van der Waals surface area contributed by atoms with Gasteiger partial charge >= 0.3 is 0 Å². The predicted octanol–water partition coefficient (Wildman–Crippen LogP) is -1.37. The summed E-state index contributed by atoms with van der Waals surface area (Å²) in [7, 11) is 0. The van der Waals surface area contributed by atoms with Crippen LogP contribution in [0, 0.1) is 0 Å². The molecule has 0 heterocycles. The lowest BCUT2D eigenvalue weighted by atomic mass is 13.0. The van der Waals surface area contributed by atoms with E-state index in [0.29, 0.717) is 0 Å². The zero-order valence-electron chi connectivity index (χ0n) is 2.29. The summed E-state index contributed by atoms with van der Waals surface area (Å²) in [6, 6.07) is 0. The maximum atomic E-state index is 7.00. The van der Waals surface area contributed by atoms with Gasteiger partial charge in [0.1, 0.15) is 0 Å². The molecule has 0 aromatic carbocycles. The molecule has 0 saturated carbocycles. The normalized spacial score (nSPS) is 7.20. The molecule has 5 heavy (non-hydrogen) atoms. The molecule has 0 aromatic rings. The molecule has 0 unspecified atom stereocenters. The van der Waals surface area contributed by atoms with E-state index in [1.54, 1.807) is 0 Å². The molecule has 5 N–H and O–H groups in total. The molecular weight excluding hydrogens is 78.0 g/mol. The smallest absolute Gasteiger partial charge is 0.0685 e. The van der Waals surface area contributed by atoms with Crippen molar-refractivity contribution in [3.63, 3.8) is 0 Å². The third-order valence-corrected chi connectivity index (χ3v) is 0. The van der Waals surface area contributed by atoms with Gasteiger partial charge in [0.15, 0.2) is 0 Å². The van der Waals surface area contributed by atoms with Gasteiger partial charge in [0, 0.05) is 0 Å². The molecule has 0 aliphatic carbocycles. The van der Waals surface area contributed by atoms with Crippen LogP contribution >= 0.6 is 0 Å². The Kier molecular flexibility index (Phi) is 6.72. The Balaban J connectivity index is 0. The summed E-state index contributed by atoms with van der Waals surface area (Å²) in [5.41, 5.74) is 0. The van der Waals surface area contributed by atoms with Gasteiger partial charge in [0.05, 0.1) is 5.39 Å². The van der Waals surface area contributed by atoms with E-state index in [0.717, 1.165) is 0 Å². The fourth-order valence-corrected chi connectivity index (χ4v) is 0. The standard InChI is InChI=1S/H3NO3.H2O/c2-1(3)4;/h2-4H;1H2. The van der Waals surface area contributed by atoms with E-state index in [9.17, 15) is 0 Å². The lowest BCUT2D eigenvalue weighted by Crippen LogP contribution is -2.04. The lowest BCUT2D eigenvalue weighted by molar-refractivity contribution is -0.472. The third kappa shape index (κ3) is 308. The van der Waals surface area contributed by atoms with Gasteiger partial charge in [-0.05, 0) is 0 Å². The Morgan fingerprint density at radius 1 is 1.00 bits per heavy atom. The van der Waals surface area contributed by atoms with E-state index >= 15 is 0 Å². The van der Waals surface area contributed by atoms with E-state index in [1.807, 2.05) is 0 Å². The lowest BCUT2D eigenvalue weighted by Gasteiger charge is -1.84. The van der Waals surface area contributed by atoms with Gasteiger partial charge in [0.2, 0.25) is 0 Å². The molecule has 0 aliphatic rings. The molecule has 5 heteroatoms. The second-order valence-corrected chi connectivity index (χ2v) is 0.268. The number of hydrogen-bond acceptors (Lipinski definition) is 4. The van der Waals surface area contributed by atoms with E-state index in [-0.39, 0.29) is 5.48 Å². The fourth-order valence-electron chi connectivity index (χ4n) is 0. The fraction of sp³-hybridized carbons (Fsp3) is 0. The largest absolute Gasteiger partial charge is 0.412 e. The van der Waals surface area contributed by atoms with Crippen molar-refractivity contribution < 1.29 is 21.1 Å². The van der Waals surface area contributed by atoms with Crippen LogP contribution in [-0.2, 0) is 0 Å². The minimum Gasteiger partial charge on any atom is -0.412 e. The third-order valence-electron chi connectivity index (χ3n) is 0. The summed E-state index contributed by atoms with van der Waals surface area (Å²) < 4.78 is 0. The van der Waals surface area contributed by atoms with Gasteiger partial charge in [-0.25, -0.2) is 0 Å². The Bertz CT molecular complexity index is 8.36. The zero-order valence-corrected chi connectivity index (χ0v) is 2.29. The number of rotatable bonds is 0. The molecule has 0 bridgehead atoms. The predicted molar refractivity (Wildman–Crippen MR) is 10.8 cm³/mol. The molecule has 5 nitrogen and oxygen atoms in total. The second kappa shape index (κ2) is 3.80. The molecular formula is H5NO4. The Hall–Kier alpha value is -0.200. The van der Waals surface area contributed by atoms with Crippen LogP contribution in [0.5, 0.6) is 0 Å². The first-order valence-electron chi connectivity index (χ1n) is 0.600. The minimum atomic E-state index is -1.00. The van der Waals surface area contributed by atoms with Crippen LogP contribution in [0.4, 0.5) is 0 Å². The maximum absolute atomic E-state index is 7.00. The highest BCUT2D eigenvalue weighted by Crippen LogP contribution is 1.43. The number of nitrogens with zero attached hydrogens (tertiary/aromatic N) is 1. The topological polar surface area (TPSA) is 95.4 Å². The van der Waals surface area contributed by atoms with Gasteiger partial charge in [-0.2, -0.15) is 0 Å². The van der Waals surface area contributed by atoms with Crippen LogP contribution in [0.15, 0.2) is 0 Å². The molecule has 0 amide bonds. The second-order valence-electron chi connectivity index (χ2n) is 0.268. The first-order chi connectivity index (χ1) is 1.73. The summed E-state index contributed by atoms with van der Waals surface area (Å²) in [5.74, 6) is 0. The van der Waals surface area contributed by atoms with Crippen molar-refractivity contribution in [1.82, 2.24) is 5.39 Å². The summed E-state index contributed by atoms with van der Waals surface area (Å²) in [6.07, 6.45) is 0. The molecule has 0 aromatic heterocycles. The van der Waals surface area contributed by atoms with E-state index in [2.05, 4.69) is 0 Å². The highest BCUT2D eigenvalue weighted by atomic mass is 17.0. The van der Waals surface area contributed by atoms with Crippen LogP contribution in [0.2, 0.25) is 0 Å². The van der Waals surface area contributed by atoms with Crippen LogP contribution in [0.25, 0.3) is 0 Å². The molecule has 0 rings (SSSR count). The summed E-state index contributed by atoms with van der Waals surface area (Å²) in [5, 5.41) is 20.0. The zero-order chi connectivity index (χ0) is 3.58. The molecule has 0 aliphatic heterocycles. The molecule has 0 spiro atoms. The van der Waals surface area contributed by atoms with E-state index in [1.165, 1.54) is 0 Å². The van der Waals surface area contributed by atoms with E-state index in [4.69, 9.17) is 15.6 Å². The van der Waals surface area contributed by atoms with Gasteiger partial charge in [0.25, 0.3) is 0 Å². The Morgan fingerprint density at radius 2 is 1.00 bits per heavy atom. The van der Waals surface area contributed by atoms with E-state index < -0.39 is 5.39 Å². The van der Waals surface area contributed by atoms with Crippen molar-refractivity contribution in [2.45, 2.75) is 0 Å². The van der Waals surface area contributed by atoms with Crippen LogP contribution < -0.4 is 0 Å². The van der Waals surface area contributed by atoms with Crippen LogP contribution in [0.3, 0.4) is 0 Å².